The van der Waals surface area contributed by atoms with Gasteiger partial charge < -0.3 is 9.88 Å². The Morgan fingerprint density at radius 1 is 1.30 bits per heavy atom. The van der Waals surface area contributed by atoms with Gasteiger partial charge in [-0.1, -0.05) is 19.1 Å². The molecule has 0 saturated carbocycles. The fraction of sp³-hybridized carbons (Fsp3) is 0.412. The van der Waals surface area contributed by atoms with E-state index in [0.717, 1.165) is 25.1 Å². The Kier molecular flexibility index (Phi) is 4.96. The molecule has 0 fully saturated rings. The number of hydrogen-bond acceptors (Lipinski definition) is 1. The SMILES string of the molecule is CCCn1ccc(CNC(C)c2ccc(C)c(F)c2)c1. The number of aromatic nitrogens is 1. The molecule has 0 amide bonds. The van der Waals surface area contributed by atoms with Crippen LogP contribution in [-0.4, -0.2) is 4.57 Å². The Hall–Kier alpha value is -1.61. The van der Waals surface area contributed by atoms with Crippen molar-refractivity contribution in [3.63, 3.8) is 0 Å². The molecule has 0 aliphatic carbocycles. The highest BCUT2D eigenvalue weighted by atomic mass is 19.1. The predicted molar refractivity (Wildman–Crippen MR) is 81.1 cm³/mol. The Morgan fingerprint density at radius 3 is 2.80 bits per heavy atom. The zero-order chi connectivity index (χ0) is 14.5. The lowest BCUT2D eigenvalue weighted by Gasteiger charge is -2.14. The Morgan fingerprint density at radius 2 is 2.10 bits per heavy atom. The second-order valence-electron chi connectivity index (χ2n) is 5.37. The summed E-state index contributed by atoms with van der Waals surface area (Å²) in [4.78, 5) is 0. The fourth-order valence-corrected chi connectivity index (χ4v) is 2.26. The van der Waals surface area contributed by atoms with Gasteiger partial charge in [-0.15, -0.1) is 0 Å². The van der Waals surface area contributed by atoms with E-state index < -0.39 is 0 Å². The van der Waals surface area contributed by atoms with E-state index >= 15 is 0 Å². The Balaban J connectivity index is 1.93. The number of nitrogens with zero attached hydrogens (tertiary/aromatic N) is 1. The van der Waals surface area contributed by atoms with Crippen LogP contribution in [0.3, 0.4) is 0 Å². The standard InChI is InChI=1S/C17H23FN2/c1-4-8-20-9-7-15(12-20)11-19-14(3)16-6-5-13(2)17(18)10-16/h5-7,9-10,12,14,19H,4,8,11H2,1-3H3. The molecule has 1 aromatic heterocycles. The van der Waals surface area contributed by atoms with E-state index in [4.69, 9.17) is 0 Å². The first-order valence-corrected chi connectivity index (χ1v) is 7.24. The maximum Gasteiger partial charge on any atom is 0.126 e. The molecule has 1 N–H and O–H groups in total. The van der Waals surface area contributed by atoms with Crippen LogP contribution in [0.1, 0.15) is 43.0 Å². The van der Waals surface area contributed by atoms with Crippen LogP contribution < -0.4 is 5.32 Å². The van der Waals surface area contributed by atoms with E-state index in [1.165, 1.54) is 5.56 Å². The van der Waals surface area contributed by atoms with Gasteiger partial charge in [0.1, 0.15) is 5.82 Å². The molecule has 0 aliphatic heterocycles. The number of rotatable bonds is 6. The van der Waals surface area contributed by atoms with Crippen LogP contribution in [0, 0.1) is 12.7 Å². The maximum atomic E-state index is 13.6. The molecule has 2 nitrogen and oxygen atoms in total. The van der Waals surface area contributed by atoms with Crippen molar-refractivity contribution >= 4 is 0 Å². The third-order valence-corrected chi connectivity index (χ3v) is 3.60. The zero-order valence-electron chi connectivity index (χ0n) is 12.5. The molecule has 2 aromatic rings. The molecule has 20 heavy (non-hydrogen) atoms. The molecule has 2 rings (SSSR count). The van der Waals surface area contributed by atoms with Gasteiger partial charge in [-0.2, -0.15) is 0 Å². The summed E-state index contributed by atoms with van der Waals surface area (Å²) in [6.07, 6.45) is 5.41. The lowest BCUT2D eigenvalue weighted by Crippen LogP contribution is -2.18. The van der Waals surface area contributed by atoms with E-state index in [1.807, 2.05) is 12.1 Å². The normalized spacial score (nSPS) is 12.6. The van der Waals surface area contributed by atoms with Crippen molar-refractivity contribution in [2.75, 3.05) is 0 Å². The molecular weight excluding hydrogens is 251 g/mol. The summed E-state index contributed by atoms with van der Waals surface area (Å²) in [5, 5.41) is 3.44. The molecule has 3 heteroatoms. The van der Waals surface area contributed by atoms with Crippen molar-refractivity contribution < 1.29 is 4.39 Å². The van der Waals surface area contributed by atoms with Crippen molar-refractivity contribution in [1.29, 1.82) is 0 Å². The van der Waals surface area contributed by atoms with Crippen LogP contribution in [0.4, 0.5) is 4.39 Å². The Labute approximate surface area is 120 Å². The van der Waals surface area contributed by atoms with E-state index in [-0.39, 0.29) is 11.9 Å². The molecule has 0 aliphatic rings. The van der Waals surface area contributed by atoms with Crippen LogP contribution in [0.15, 0.2) is 36.7 Å². The molecular formula is C17H23FN2. The zero-order valence-corrected chi connectivity index (χ0v) is 12.5. The van der Waals surface area contributed by atoms with Crippen molar-refractivity contribution in [2.24, 2.45) is 0 Å². The van der Waals surface area contributed by atoms with E-state index in [9.17, 15) is 4.39 Å². The molecule has 1 aromatic carbocycles. The summed E-state index contributed by atoms with van der Waals surface area (Å²) in [6.45, 7) is 7.87. The number of benzene rings is 1. The van der Waals surface area contributed by atoms with Crippen LogP contribution in [0.5, 0.6) is 0 Å². The summed E-state index contributed by atoms with van der Waals surface area (Å²) >= 11 is 0. The Bertz CT molecular complexity index is 560. The summed E-state index contributed by atoms with van der Waals surface area (Å²) in [7, 11) is 0. The van der Waals surface area contributed by atoms with Crippen LogP contribution in [0.25, 0.3) is 0 Å². The highest BCUT2D eigenvalue weighted by Crippen LogP contribution is 2.17. The van der Waals surface area contributed by atoms with Crippen molar-refractivity contribution in [2.45, 2.75) is 46.3 Å². The van der Waals surface area contributed by atoms with E-state index in [2.05, 4.69) is 42.2 Å². The number of aryl methyl sites for hydroxylation is 2. The van der Waals surface area contributed by atoms with Gasteiger partial charge in [0.05, 0.1) is 0 Å². The topological polar surface area (TPSA) is 17.0 Å². The van der Waals surface area contributed by atoms with Crippen LogP contribution >= 0.6 is 0 Å². The number of nitrogens with one attached hydrogen (secondary N) is 1. The van der Waals surface area contributed by atoms with Crippen molar-refractivity contribution in [3.05, 3.63) is 59.2 Å². The highest BCUT2D eigenvalue weighted by molar-refractivity contribution is 5.25. The van der Waals surface area contributed by atoms with Gasteiger partial charge in [0.25, 0.3) is 0 Å². The lowest BCUT2D eigenvalue weighted by atomic mass is 10.1. The molecule has 0 radical (unpaired) electrons. The summed E-state index contributed by atoms with van der Waals surface area (Å²) in [5.41, 5.74) is 2.94. The molecule has 1 heterocycles. The monoisotopic (exact) mass is 274 g/mol. The quantitative estimate of drug-likeness (QED) is 0.835. The predicted octanol–water partition coefficient (Wildman–Crippen LogP) is 4.20. The molecule has 0 spiro atoms. The average Bonchev–Trinajstić information content (AvgIpc) is 2.87. The van der Waals surface area contributed by atoms with Crippen LogP contribution in [-0.2, 0) is 13.1 Å². The summed E-state index contributed by atoms with van der Waals surface area (Å²) < 4.78 is 15.8. The minimum absolute atomic E-state index is 0.134. The average molecular weight is 274 g/mol. The third-order valence-electron chi connectivity index (χ3n) is 3.60. The van der Waals surface area contributed by atoms with Crippen molar-refractivity contribution in [3.8, 4) is 0 Å². The first-order valence-electron chi connectivity index (χ1n) is 7.24. The van der Waals surface area contributed by atoms with Gasteiger partial charge >= 0.3 is 0 Å². The third kappa shape index (κ3) is 3.70. The minimum Gasteiger partial charge on any atom is -0.354 e. The van der Waals surface area contributed by atoms with Gasteiger partial charge in [-0.05, 0) is 49.1 Å². The molecule has 108 valence electrons. The first-order chi connectivity index (χ1) is 9.60. The second-order valence-corrected chi connectivity index (χ2v) is 5.37. The molecule has 1 unspecified atom stereocenters. The summed E-state index contributed by atoms with van der Waals surface area (Å²) in [6, 6.07) is 7.71. The number of hydrogen-bond donors (Lipinski definition) is 1. The molecule has 1 atom stereocenters. The van der Waals surface area contributed by atoms with Crippen LogP contribution in [0.2, 0.25) is 0 Å². The number of halogens is 1. The largest absolute Gasteiger partial charge is 0.354 e. The minimum atomic E-state index is -0.134. The van der Waals surface area contributed by atoms with Gasteiger partial charge in [-0.3, -0.25) is 0 Å². The van der Waals surface area contributed by atoms with Gasteiger partial charge in [0, 0.05) is 31.5 Å². The van der Waals surface area contributed by atoms with Gasteiger partial charge in [0.2, 0.25) is 0 Å². The van der Waals surface area contributed by atoms with Crippen molar-refractivity contribution in [1.82, 2.24) is 9.88 Å². The molecule has 0 bridgehead atoms. The second kappa shape index (κ2) is 6.71. The maximum absolute atomic E-state index is 13.6. The first kappa shape index (κ1) is 14.8. The van der Waals surface area contributed by atoms with Gasteiger partial charge in [-0.25, -0.2) is 4.39 Å². The molecule has 0 saturated heterocycles. The summed E-state index contributed by atoms with van der Waals surface area (Å²) in [5.74, 6) is -0.134. The fourth-order valence-electron chi connectivity index (χ4n) is 2.26. The van der Waals surface area contributed by atoms with E-state index in [0.29, 0.717) is 5.56 Å². The smallest absolute Gasteiger partial charge is 0.126 e. The lowest BCUT2D eigenvalue weighted by molar-refractivity contribution is 0.562. The highest BCUT2D eigenvalue weighted by Gasteiger charge is 2.07. The van der Waals surface area contributed by atoms with E-state index in [1.54, 1.807) is 13.0 Å². The van der Waals surface area contributed by atoms with Gasteiger partial charge in [0.15, 0.2) is 0 Å².